The van der Waals surface area contributed by atoms with Crippen LogP contribution in [-0.2, 0) is 9.59 Å². The van der Waals surface area contributed by atoms with Gasteiger partial charge in [-0.05, 0) is 34.0 Å². The highest BCUT2D eigenvalue weighted by molar-refractivity contribution is 5.87. The second-order valence-corrected chi connectivity index (χ2v) is 14.9. The second-order valence-electron chi connectivity index (χ2n) is 14.9. The number of hydrogen-bond donors (Lipinski definition) is 0. The number of unbranched alkanes of at least 4 members (excludes halogenated alkanes) is 28. The second kappa shape index (κ2) is 39.5. The van der Waals surface area contributed by atoms with Crippen LogP contribution >= 0.6 is 0 Å². The van der Waals surface area contributed by atoms with Crippen molar-refractivity contribution in [3.05, 3.63) is 0 Å². The van der Waals surface area contributed by atoms with Gasteiger partial charge in [-0.3, -0.25) is 9.59 Å². The lowest BCUT2D eigenvalue weighted by molar-refractivity contribution is -0.127. The molecule has 0 aliphatic carbocycles. The maximum atomic E-state index is 12.5. The molecule has 0 aliphatic rings. The highest BCUT2D eigenvalue weighted by Crippen LogP contribution is 2.17. The van der Waals surface area contributed by atoms with E-state index in [-0.39, 0.29) is 5.92 Å². The van der Waals surface area contributed by atoms with Crippen LogP contribution in [0.1, 0.15) is 233 Å². The van der Waals surface area contributed by atoms with E-state index in [2.05, 4.69) is 13.8 Å². The van der Waals surface area contributed by atoms with E-state index in [1.54, 1.807) is 0 Å². The number of Topliss-reactive ketones (excluding diaryl/α,β-unsaturated/α-hetero) is 2. The summed E-state index contributed by atoms with van der Waals surface area (Å²) >= 11 is 0. The van der Waals surface area contributed by atoms with Gasteiger partial charge in [0.15, 0.2) is 0 Å². The number of carbonyl (C=O) groups is 2. The van der Waals surface area contributed by atoms with Crippen LogP contribution in [0.4, 0.5) is 0 Å². The van der Waals surface area contributed by atoms with Gasteiger partial charge in [0.1, 0.15) is 11.6 Å². The van der Waals surface area contributed by atoms with E-state index in [9.17, 15) is 9.59 Å². The summed E-state index contributed by atoms with van der Waals surface area (Å²) in [5.41, 5.74) is 0. The van der Waals surface area contributed by atoms with Gasteiger partial charge >= 0.3 is 0 Å². The van der Waals surface area contributed by atoms with Gasteiger partial charge in [0, 0.05) is 25.2 Å². The molecule has 0 fully saturated rings. The van der Waals surface area contributed by atoms with Crippen molar-refractivity contribution in [3.8, 4) is 0 Å². The highest BCUT2D eigenvalue weighted by Gasteiger charge is 2.16. The molecule has 0 bridgehead atoms. The first kappa shape index (κ1) is 46.4. The van der Waals surface area contributed by atoms with E-state index >= 15 is 0 Å². The Bertz CT molecular complexity index is 584. The molecule has 0 aromatic heterocycles. The minimum absolute atomic E-state index is 0.0783. The highest BCUT2D eigenvalue weighted by atomic mass is 16.1. The molecule has 0 aromatic carbocycles. The molecule has 0 aromatic rings. The van der Waals surface area contributed by atoms with Crippen molar-refractivity contribution in [2.75, 3.05) is 21.1 Å². The molecule has 45 heavy (non-hydrogen) atoms. The van der Waals surface area contributed by atoms with Crippen molar-refractivity contribution in [1.29, 1.82) is 0 Å². The van der Waals surface area contributed by atoms with E-state index in [0.717, 1.165) is 12.8 Å². The largest absolute Gasteiger partial charge is 0.312 e. The third-order valence-corrected chi connectivity index (χ3v) is 9.17. The van der Waals surface area contributed by atoms with Crippen molar-refractivity contribution < 1.29 is 9.59 Å². The van der Waals surface area contributed by atoms with Gasteiger partial charge in [0.2, 0.25) is 0 Å². The van der Waals surface area contributed by atoms with Gasteiger partial charge in [-0.1, -0.05) is 201 Å². The summed E-state index contributed by atoms with van der Waals surface area (Å²) in [6.45, 7) is 6.54. The molecule has 0 amide bonds. The van der Waals surface area contributed by atoms with E-state index in [0.29, 0.717) is 30.8 Å². The molecular weight excluding hydrogens is 550 g/mol. The minimum Gasteiger partial charge on any atom is -0.312 e. The predicted octanol–water partition coefficient (Wildman–Crippen LogP) is 13.9. The molecule has 0 heterocycles. The van der Waals surface area contributed by atoms with Crippen molar-refractivity contribution in [2.24, 2.45) is 5.92 Å². The number of nitrogens with zero attached hydrogens (tertiary/aromatic N) is 1. The number of rotatable bonds is 35. The maximum absolute atomic E-state index is 12.5. The summed E-state index contributed by atoms with van der Waals surface area (Å²) in [5, 5.41) is 0. The van der Waals surface area contributed by atoms with Crippen molar-refractivity contribution in [1.82, 2.24) is 4.90 Å². The first-order valence-electron chi connectivity index (χ1n) is 20.5. The Labute approximate surface area is 285 Å². The molecule has 0 saturated heterocycles. The fourth-order valence-corrected chi connectivity index (χ4v) is 6.17. The molecular formula is C42H85NO2. The first-order chi connectivity index (χ1) is 21.8. The molecule has 0 spiro atoms. The van der Waals surface area contributed by atoms with Gasteiger partial charge < -0.3 is 4.90 Å². The minimum atomic E-state index is -0.0783. The summed E-state index contributed by atoms with van der Waals surface area (Å²) in [7, 11) is 6.00. The van der Waals surface area contributed by atoms with E-state index in [4.69, 9.17) is 0 Å². The molecule has 0 N–H and O–H groups in total. The Hall–Kier alpha value is -0.700. The zero-order chi connectivity index (χ0) is 33.6. The standard InChI is InChI=1S/C39H76O2.C3H9N/c1-4-6-8-10-12-14-16-18-20-22-24-26-28-30-32-34-38(40)36-37(3)39(41)35-33-31-29-27-25-23-21-19-17-15-13-11-9-7-5-2;1-4(2)3/h37H,4-36H2,1-3H3;1-3H3. The van der Waals surface area contributed by atoms with Gasteiger partial charge in [-0.25, -0.2) is 0 Å². The van der Waals surface area contributed by atoms with E-state index in [1.807, 2.05) is 33.0 Å². The van der Waals surface area contributed by atoms with Crippen LogP contribution in [0.3, 0.4) is 0 Å². The quantitative estimate of drug-likeness (QED) is 0.0650. The van der Waals surface area contributed by atoms with Gasteiger partial charge in [0.05, 0.1) is 0 Å². The van der Waals surface area contributed by atoms with Crippen LogP contribution < -0.4 is 0 Å². The van der Waals surface area contributed by atoms with Gasteiger partial charge in [-0.15, -0.1) is 0 Å². The SMILES string of the molecule is CCCCCCCCCCCCCCCCCC(=O)CC(C)C(=O)CCCCCCCCCCCCCCCCC.CN(C)C. The number of ketones is 2. The number of carbonyl (C=O) groups excluding carboxylic acids is 2. The summed E-state index contributed by atoms with van der Waals surface area (Å²) in [6, 6.07) is 0. The molecule has 1 atom stereocenters. The molecule has 0 radical (unpaired) electrons. The van der Waals surface area contributed by atoms with Crippen LogP contribution in [0.2, 0.25) is 0 Å². The zero-order valence-corrected chi connectivity index (χ0v) is 32.2. The Morgan fingerprint density at radius 3 is 0.889 bits per heavy atom. The average Bonchev–Trinajstić information content (AvgIpc) is 3.00. The zero-order valence-electron chi connectivity index (χ0n) is 32.2. The summed E-state index contributed by atoms with van der Waals surface area (Å²) in [4.78, 5) is 26.8. The Balaban J connectivity index is 0. The number of hydrogen-bond acceptors (Lipinski definition) is 3. The Kier molecular flexibility index (Phi) is 40.7. The monoisotopic (exact) mass is 636 g/mol. The normalized spacial score (nSPS) is 11.9. The van der Waals surface area contributed by atoms with Crippen LogP contribution in [-0.4, -0.2) is 37.6 Å². The molecule has 0 rings (SSSR count). The third-order valence-electron chi connectivity index (χ3n) is 9.17. The Morgan fingerprint density at radius 1 is 0.400 bits per heavy atom. The smallest absolute Gasteiger partial charge is 0.136 e. The molecule has 270 valence electrons. The van der Waals surface area contributed by atoms with Gasteiger partial charge in [0.25, 0.3) is 0 Å². The molecule has 3 heteroatoms. The maximum Gasteiger partial charge on any atom is 0.136 e. The first-order valence-corrected chi connectivity index (χ1v) is 20.5. The van der Waals surface area contributed by atoms with Gasteiger partial charge in [-0.2, -0.15) is 0 Å². The lowest BCUT2D eigenvalue weighted by Crippen LogP contribution is -2.15. The summed E-state index contributed by atoms with van der Waals surface area (Å²) in [6.07, 6.45) is 42.3. The molecule has 3 nitrogen and oxygen atoms in total. The third kappa shape index (κ3) is 43.3. The van der Waals surface area contributed by atoms with E-state index < -0.39 is 0 Å². The average molecular weight is 636 g/mol. The molecule has 1 unspecified atom stereocenters. The predicted molar refractivity (Wildman–Crippen MR) is 202 cm³/mol. The molecule has 0 aliphatic heterocycles. The van der Waals surface area contributed by atoms with Crippen molar-refractivity contribution in [3.63, 3.8) is 0 Å². The van der Waals surface area contributed by atoms with Crippen LogP contribution in [0.25, 0.3) is 0 Å². The van der Waals surface area contributed by atoms with Crippen LogP contribution in [0.15, 0.2) is 0 Å². The van der Waals surface area contributed by atoms with Crippen molar-refractivity contribution in [2.45, 2.75) is 233 Å². The van der Waals surface area contributed by atoms with E-state index in [1.165, 1.54) is 180 Å². The lowest BCUT2D eigenvalue weighted by Gasteiger charge is -2.10. The summed E-state index contributed by atoms with van der Waals surface area (Å²) < 4.78 is 0. The summed E-state index contributed by atoms with van der Waals surface area (Å²) in [5.74, 6) is 0.534. The fraction of sp³-hybridized carbons (Fsp3) is 0.952. The lowest BCUT2D eigenvalue weighted by atomic mass is 9.93. The van der Waals surface area contributed by atoms with Crippen LogP contribution in [0.5, 0.6) is 0 Å². The van der Waals surface area contributed by atoms with Crippen molar-refractivity contribution >= 4 is 11.6 Å². The van der Waals surface area contributed by atoms with Crippen LogP contribution in [0, 0.1) is 5.92 Å². The topological polar surface area (TPSA) is 37.4 Å². The fourth-order valence-electron chi connectivity index (χ4n) is 6.17. The molecule has 0 saturated carbocycles. The Morgan fingerprint density at radius 2 is 0.622 bits per heavy atom.